The zero-order valence-corrected chi connectivity index (χ0v) is 21.8. The fourth-order valence-corrected chi connectivity index (χ4v) is 5.17. The fourth-order valence-electron chi connectivity index (χ4n) is 5.17. The summed E-state index contributed by atoms with van der Waals surface area (Å²) in [5, 5.41) is 90.1. The number of ketones is 2. The quantitative estimate of drug-likeness (QED) is 0.128. The molecule has 3 aliphatic rings. The van der Waals surface area contributed by atoms with Crippen LogP contribution in [0, 0.1) is 0 Å². The maximum atomic E-state index is 14.0. The summed E-state index contributed by atoms with van der Waals surface area (Å²) in [5.41, 5.74) is -0.771. The molecule has 15 heteroatoms. The van der Waals surface area contributed by atoms with Crippen LogP contribution in [0.15, 0.2) is 30.3 Å². The Morgan fingerprint density at radius 1 is 0.619 bits per heavy atom. The smallest absolute Gasteiger partial charge is 0.229 e. The second kappa shape index (κ2) is 11.9. The second-order valence-electron chi connectivity index (χ2n) is 10.1. The van der Waals surface area contributed by atoms with E-state index < -0.39 is 92.8 Å². The van der Waals surface area contributed by atoms with Gasteiger partial charge in [-0.3, -0.25) is 9.59 Å². The Kier molecular flexibility index (Phi) is 8.62. The average molecular weight is 595 g/mol. The van der Waals surface area contributed by atoms with Crippen molar-refractivity contribution in [2.24, 2.45) is 0 Å². The molecule has 2 saturated heterocycles. The Morgan fingerprint density at radius 2 is 1.14 bits per heavy atom. The van der Waals surface area contributed by atoms with Gasteiger partial charge in [0.25, 0.3) is 0 Å². The van der Waals surface area contributed by atoms with Crippen molar-refractivity contribution < 1.29 is 74.5 Å². The predicted octanol–water partition coefficient (Wildman–Crippen LogP) is -3.69. The Bertz CT molecular complexity index is 1340. The SMILES string of the molecule is O=C1c2cccc(O[C@@H]3O[C@H](CO)[C@@H](O)[C@H](O)[C@H]3O)c2C(=O)c2c(O[C@@H]3O[C@H](CO)[C@@H](O)[C@H](O)[C@H]3O)cc(CO)cc21. The highest BCUT2D eigenvalue weighted by Gasteiger charge is 2.47. The summed E-state index contributed by atoms with van der Waals surface area (Å²) in [6.07, 6.45) is -16.6. The maximum Gasteiger partial charge on any atom is 0.229 e. The van der Waals surface area contributed by atoms with E-state index in [1.165, 1.54) is 30.3 Å². The van der Waals surface area contributed by atoms with Gasteiger partial charge in [0.2, 0.25) is 18.4 Å². The van der Waals surface area contributed by atoms with E-state index in [9.17, 15) is 55.5 Å². The van der Waals surface area contributed by atoms with Crippen LogP contribution in [0.4, 0.5) is 0 Å². The lowest BCUT2D eigenvalue weighted by Crippen LogP contribution is -2.60. The van der Waals surface area contributed by atoms with E-state index in [1.807, 2.05) is 0 Å². The number of hydrogen-bond acceptors (Lipinski definition) is 15. The molecule has 228 valence electrons. The molecule has 0 spiro atoms. The van der Waals surface area contributed by atoms with Crippen molar-refractivity contribution >= 4 is 11.6 Å². The molecule has 9 N–H and O–H groups in total. The van der Waals surface area contributed by atoms with E-state index in [2.05, 4.69) is 0 Å². The molecule has 42 heavy (non-hydrogen) atoms. The van der Waals surface area contributed by atoms with Gasteiger partial charge in [-0.1, -0.05) is 12.1 Å². The zero-order chi connectivity index (χ0) is 30.5. The van der Waals surface area contributed by atoms with Crippen molar-refractivity contribution in [2.75, 3.05) is 13.2 Å². The van der Waals surface area contributed by atoms with Gasteiger partial charge in [-0.25, -0.2) is 0 Å². The number of ether oxygens (including phenoxy) is 4. The first kappa shape index (κ1) is 30.4. The molecule has 2 aromatic rings. The molecule has 0 radical (unpaired) electrons. The molecule has 0 bridgehead atoms. The van der Waals surface area contributed by atoms with Crippen LogP contribution in [0.25, 0.3) is 0 Å². The first-order chi connectivity index (χ1) is 20.0. The lowest BCUT2D eigenvalue weighted by atomic mass is 9.82. The second-order valence-corrected chi connectivity index (χ2v) is 10.1. The van der Waals surface area contributed by atoms with Crippen LogP contribution < -0.4 is 9.47 Å². The summed E-state index contributed by atoms with van der Waals surface area (Å²) >= 11 is 0. The van der Waals surface area contributed by atoms with Gasteiger partial charge >= 0.3 is 0 Å². The maximum absolute atomic E-state index is 14.0. The van der Waals surface area contributed by atoms with E-state index >= 15 is 0 Å². The standard InChI is InChI=1S/C27H30O15/c28-6-9-4-11-17(13(5-9)40-27-25(38)23(36)20(33)15(8-30)42-27)21(34)16-10(18(11)31)2-1-3-12(16)39-26-24(37)22(35)19(32)14(7-29)41-26/h1-5,14-15,19-20,22-30,32-33,35-38H,6-8H2/t14-,15-,19-,20-,22+,23+,24-,25-,26-,27-/m1/s1. The molecule has 5 rings (SSSR count). The lowest BCUT2D eigenvalue weighted by Gasteiger charge is -2.40. The molecule has 2 aromatic carbocycles. The van der Waals surface area contributed by atoms with Crippen LogP contribution in [-0.4, -0.2) is 132 Å². The summed E-state index contributed by atoms with van der Waals surface area (Å²) < 4.78 is 22.2. The Labute approximate surface area is 237 Å². The fraction of sp³-hybridized carbons (Fsp3) is 0.481. The molecule has 1 aliphatic carbocycles. The highest BCUT2D eigenvalue weighted by Crippen LogP contribution is 2.40. The molecule has 0 unspecified atom stereocenters. The number of hydrogen-bond donors (Lipinski definition) is 9. The molecule has 2 fully saturated rings. The lowest BCUT2D eigenvalue weighted by molar-refractivity contribution is -0.277. The van der Waals surface area contributed by atoms with Gasteiger partial charge in [-0.05, 0) is 23.8 Å². The third-order valence-corrected chi connectivity index (χ3v) is 7.50. The van der Waals surface area contributed by atoms with Crippen molar-refractivity contribution in [1.29, 1.82) is 0 Å². The van der Waals surface area contributed by atoms with Gasteiger partial charge in [0, 0.05) is 11.1 Å². The minimum Gasteiger partial charge on any atom is -0.461 e. The number of rotatable bonds is 7. The Hall–Kier alpha value is -3.06. The van der Waals surface area contributed by atoms with E-state index in [-0.39, 0.29) is 39.3 Å². The van der Waals surface area contributed by atoms with E-state index in [0.29, 0.717) is 0 Å². The van der Waals surface area contributed by atoms with Crippen molar-refractivity contribution in [3.05, 3.63) is 58.1 Å². The minimum absolute atomic E-state index is 0.122. The molecular weight excluding hydrogens is 564 g/mol. The molecule has 0 amide bonds. The first-order valence-electron chi connectivity index (χ1n) is 13.0. The molecule has 10 atom stereocenters. The number of carbonyl (C=O) groups excluding carboxylic acids is 2. The van der Waals surface area contributed by atoms with Gasteiger partial charge in [0.1, 0.15) is 60.3 Å². The van der Waals surface area contributed by atoms with E-state index in [1.54, 1.807) is 0 Å². The van der Waals surface area contributed by atoms with Crippen LogP contribution in [0.3, 0.4) is 0 Å². The normalized spacial score (nSPS) is 34.5. The van der Waals surface area contributed by atoms with Gasteiger partial charge in [-0.2, -0.15) is 0 Å². The minimum atomic E-state index is -1.84. The Morgan fingerprint density at radius 3 is 1.67 bits per heavy atom. The highest BCUT2D eigenvalue weighted by atomic mass is 16.7. The summed E-state index contributed by atoms with van der Waals surface area (Å²) in [6, 6.07) is 6.48. The number of benzene rings is 2. The van der Waals surface area contributed by atoms with Crippen LogP contribution >= 0.6 is 0 Å². The van der Waals surface area contributed by atoms with E-state index in [4.69, 9.17) is 18.9 Å². The number of aliphatic hydroxyl groups excluding tert-OH is 9. The van der Waals surface area contributed by atoms with Crippen molar-refractivity contribution in [3.8, 4) is 11.5 Å². The topological polar surface area (TPSA) is 253 Å². The van der Waals surface area contributed by atoms with Gasteiger partial charge in [0.05, 0.1) is 30.9 Å². The number of carbonyl (C=O) groups is 2. The molecule has 15 nitrogen and oxygen atoms in total. The van der Waals surface area contributed by atoms with Gasteiger partial charge < -0.3 is 64.9 Å². The predicted molar refractivity (Wildman–Crippen MR) is 134 cm³/mol. The third-order valence-electron chi connectivity index (χ3n) is 7.50. The van der Waals surface area contributed by atoms with Crippen LogP contribution in [-0.2, 0) is 16.1 Å². The van der Waals surface area contributed by atoms with Crippen molar-refractivity contribution in [3.63, 3.8) is 0 Å². The number of fused-ring (bicyclic) bond motifs is 2. The largest absolute Gasteiger partial charge is 0.461 e. The summed E-state index contributed by atoms with van der Waals surface area (Å²) in [6.45, 7) is -2.05. The molecule has 0 saturated carbocycles. The summed E-state index contributed by atoms with van der Waals surface area (Å²) in [7, 11) is 0. The van der Waals surface area contributed by atoms with Crippen molar-refractivity contribution in [2.45, 2.75) is 68.0 Å². The molecule has 2 heterocycles. The summed E-state index contributed by atoms with van der Waals surface area (Å²) in [5.74, 6) is -2.12. The average Bonchev–Trinajstić information content (AvgIpc) is 2.99. The van der Waals surface area contributed by atoms with Gasteiger partial charge in [0.15, 0.2) is 5.78 Å². The highest BCUT2D eigenvalue weighted by molar-refractivity contribution is 6.30. The van der Waals surface area contributed by atoms with E-state index in [0.717, 1.165) is 0 Å². The van der Waals surface area contributed by atoms with Crippen molar-refractivity contribution in [1.82, 2.24) is 0 Å². The third kappa shape index (κ3) is 5.08. The first-order valence-corrected chi connectivity index (χ1v) is 13.0. The molecular formula is C27H30O15. The van der Waals surface area contributed by atoms with Crippen LogP contribution in [0.1, 0.15) is 37.4 Å². The van der Waals surface area contributed by atoms with Crippen LogP contribution in [0.5, 0.6) is 11.5 Å². The Balaban J connectivity index is 1.54. The summed E-state index contributed by atoms with van der Waals surface area (Å²) in [4.78, 5) is 27.6. The number of aliphatic hydroxyl groups is 9. The van der Waals surface area contributed by atoms with Gasteiger partial charge in [-0.15, -0.1) is 0 Å². The monoisotopic (exact) mass is 594 g/mol. The molecule has 0 aromatic heterocycles. The zero-order valence-electron chi connectivity index (χ0n) is 21.8. The molecule has 2 aliphatic heterocycles. The van der Waals surface area contributed by atoms with Crippen LogP contribution in [0.2, 0.25) is 0 Å².